The van der Waals surface area contributed by atoms with E-state index in [1.807, 2.05) is 30.3 Å². The molecule has 0 aliphatic heterocycles. The van der Waals surface area contributed by atoms with Crippen molar-refractivity contribution in [3.8, 4) is 5.75 Å². The predicted octanol–water partition coefficient (Wildman–Crippen LogP) is 2.79. The van der Waals surface area contributed by atoms with Gasteiger partial charge in [0.2, 0.25) is 0 Å². The summed E-state index contributed by atoms with van der Waals surface area (Å²) in [7, 11) is 1.64. The second kappa shape index (κ2) is 6.69. The quantitative estimate of drug-likeness (QED) is 0.659. The molecule has 2 aromatic rings. The number of benzene rings is 2. The van der Waals surface area contributed by atoms with Crippen LogP contribution in [0.2, 0.25) is 0 Å². The SMILES string of the molecule is COc1ccccc1CN=C(N)N[C@@H]1C[C@H]1c1cccc(F)c1. The number of nitrogens with one attached hydrogen (secondary N) is 1. The van der Waals surface area contributed by atoms with Crippen molar-refractivity contribution in [1.29, 1.82) is 0 Å². The van der Waals surface area contributed by atoms with E-state index < -0.39 is 0 Å². The molecule has 1 aliphatic rings. The summed E-state index contributed by atoms with van der Waals surface area (Å²) < 4.78 is 18.5. The molecule has 120 valence electrons. The Morgan fingerprint density at radius 1 is 1.30 bits per heavy atom. The third-order valence-corrected chi connectivity index (χ3v) is 4.01. The first kappa shape index (κ1) is 15.3. The van der Waals surface area contributed by atoms with Crippen molar-refractivity contribution in [2.24, 2.45) is 10.7 Å². The number of aliphatic imine (C=N–C) groups is 1. The first-order valence-electron chi connectivity index (χ1n) is 7.61. The van der Waals surface area contributed by atoms with Gasteiger partial charge in [0.15, 0.2) is 5.96 Å². The topological polar surface area (TPSA) is 59.6 Å². The molecule has 2 atom stereocenters. The van der Waals surface area contributed by atoms with Gasteiger partial charge < -0.3 is 15.8 Å². The predicted molar refractivity (Wildman–Crippen MR) is 89.0 cm³/mol. The normalized spacial score (nSPS) is 20.2. The molecule has 23 heavy (non-hydrogen) atoms. The van der Waals surface area contributed by atoms with Crippen molar-refractivity contribution in [2.75, 3.05) is 7.11 Å². The van der Waals surface area contributed by atoms with E-state index in [-0.39, 0.29) is 11.9 Å². The van der Waals surface area contributed by atoms with Gasteiger partial charge in [-0.2, -0.15) is 0 Å². The fourth-order valence-electron chi connectivity index (χ4n) is 2.70. The molecule has 3 rings (SSSR count). The molecule has 0 bridgehead atoms. The molecular weight excluding hydrogens is 293 g/mol. The number of rotatable bonds is 5. The van der Waals surface area contributed by atoms with E-state index in [0.717, 1.165) is 23.3 Å². The Bertz CT molecular complexity index is 717. The molecule has 3 N–H and O–H groups in total. The maximum Gasteiger partial charge on any atom is 0.189 e. The van der Waals surface area contributed by atoms with Gasteiger partial charge in [0.25, 0.3) is 0 Å². The molecule has 0 spiro atoms. The van der Waals surface area contributed by atoms with Crippen molar-refractivity contribution in [2.45, 2.75) is 24.9 Å². The van der Waals surface area contributed by atoms with E-state index in [0.29, 0.717) is 18.4 Å². The van der Waals surface area contributed by atoms with Crippen LogP contribution in [0.25, 0.3) is 0 Å². The number of halogens is 1. The molecule has 0 saturated heterocycles. The van der Waals surface area contributed by atoms with Crippen molar-refractivity contribution in [3.63, 3.8) is 0 Å². The maximum absolute atomic E-state index is 13.2. The van der Waals surface area contributed by atoms with Crippen LogP contribution < -0.4 is 15.8 Å². The Labute approximate surface area is 135 Å². The molecule has 4 nitrogen and oxygen atoms in total. The van der Waals surface area contributed by atoms with Crippen LogP contribution in [0, 0.1) is 5.82 Å². The lowest BCUT2D eigenvalue weighted by Gasteiger charge is -2.08. The maximum atomic E-state index is 13.2. The minimum Gasteiger partial charge on any atom is -0.496 e. The fourth-order valence-corrected chi connectivity index (χ4v) is 2.70. The number of para-hydroxylation sites is 1. The monoisotopic (exact) mass is 313 g/mol. The molecule has 5 heteroatoms. The molecule has 1 fully saturated rings. The molecule has 0 amide bonds. The second-order valence-corrected chi connectivity index (χ2v) is 5.66. The third kappa shape index (κ3) is 3.80. The van der Waals surface area contributed by atoms with Gasteiger partial charge in [-0.1, -0.05) is 30.3 Å². The largest absolute Gasteiger partial charge is 0.496 e. The van der Waals surface area contributed by atoms with Gasteiger partial charge >= 0.3 is 0 Å². The molecule has 0 radical (unpaired) electrons. The highest BCUT2D eigenvalue weighted by molar-refractivity contribution is 5.78. The van der Waals surface area contributed by atoms with E-state index in [1.165, 1.54) is 6.07 Å². The van der Waals surface area contributed by atoms with Crippen LogP contribution >= 0.6 is 0 Å². The number of nitrogens with zero attached hydrogens (tertiary/aromatic N) is 1. The summed E-state index contributed by atoms with van der Waals surface area (Å²) in [5.74, 6) is 1.30. The summed E-state index contributed by atoms with van der Waals surface area (Å²) in [6.45, 7) is 0.459. The molecule has 1 aliphatic carbocycles. The molecule has 1 saturated carbocycles. The lowest BCUT2D eigenvalue weighted by Crippen LogP contribution is -2.34. The number of hydrogen-bond donors (Lipinski definition) is 2. The van der Waals surface area contributed by atoms with Crippen LogP contribution in [0.15, 0.2) is 53.5 Å². The van der Waals surface area contributed by atoms with Crippen LogP contribution in [0.5, 0.6) is 5.75 Å². The van der Waals surface area contributed by atoms with E-state index in [4.69, 9.17) is 10.5 Å². The number of guanidine groups is 1. The molecule has 2 aromatic carbocycles. The van der Waals surface area contributed by atoms with Crippen LogP contribution in [-0.2, 0) is 6.54 Å². The molecular formula is C18H20FN3O. The second-order valence-electron chi connectivity index (χ2n) is 5.66. The minimum atomic E-state index is -0.203. The van der Waals surface area contributed by atoms with Crippen molar-refractivity contribution in [3.05, 3.63) is 65.5 Å². The third-order valence-electron chi connectivity index (χ3n) is 4.01. The van der Waals surface area contributed by atoms with Gasteiger partial charge in [-0.3, -0.25) is 0 Å². The summed E-state index contributed by atoms with van der Waals surface area (Å²) in [5.41, 5.74) is 7.93. The van der Waals surface area contributed by atoms with Crippen LogP contribution in [-0.4, -0.2) is 19.1 Å². The summed E-state index contributed by atoms with van der Waals surface area (Å²) in [6, 6.07) is 14.7. The van der Waals surface area contributed by atoms with Gasteiger partial charge in [0, 0.05) is 17.5 Å². The Balaban J connectivity index is 1.57. The molecule has 0 aromatic heterocycles. The van der Waals surface area contributed by atoms with Crippen LogP contribution in [0.4, 0.5) is 4.39 Å². The van der Waals surface area contributed by atoms with E-state index in [1.54, 1.807) is 19.2 Å². The summed E-state index contributed by atoms with van der Waals surface area (Å²) >= 11 is 0. The van der Waals surface area contributed by atoms with Crippen molar-refractivity contribution < 1.29 is 9.13 Å². The smallest absolute Gasteiger partial charge is 0.189 e. The van der Waals surface area contributed by atoms with Gasteiger partial charge in [-0.25, -0.2) is 9.38 Å². The van der Waals surface area contributed by atoms with Crippen LogP contribution in [0.3, 0.4) is 0 Å². The van der Waals surface area contributed by atoms with E-state index in [2.05, 4.69) is 10.3 Å². The zero-order valence-corrected chi connectivity index (χ0v) is 13.0. The fraction of sp³-hybridized carbons (Fsp3) is 0.278. The first-order valence-corrected chi connectivity index (χ1v) is 7.61. The van der Waals surface area contributed by atoms with E-state index >= 15 is 0 Å². The van der Waals surface area contributed by atoms with E-state index in [9.17, 15) is 4.39 Å². The Morgan fingerprint density at radius 3 is 2.91 bits per heavy atom. The number of methoxy groups -OCH3 is 1. The highest BCUT2D eigenvalue weighted by Gasteiger charge is 2.38. The summed E-state index contributed by atoms with van der Waals surface area (Å²) in [5, 5.41) is 3.19. The Kier molecular flexibility index (Phi) is 4.46. The van der Waals surface area contributed by atoms with Gasteiger partial charge in [-0.05, 0) is 30.2 Å². The summed E-state index contributed by atoms with van der Waals surface area (Å²) in [4.78, 5) is 4.36. The molecule has 0 heterocycles. The Hall–Kier alpha value is -2.56. The van der Waals surface area contributed by atoms with Crippen molar-refractivity contribution >= 4 is 5.96 Å². The Morgan fingerprint density at radius 2 is 2.13 bits per heavy atom. The standard InChI is InChI=1S/C18H20FN3O/c1-23-17-8-3-2-5-13(17)11-21-18(20)22-16-10-15(16)12-6-4-7-14(19)9-12/h2-9,15-16H,10-11H2,1H3,(H3,20,21,22)/t15-,16+/m0/s1. The van der Waals surface area contributed by atoms with Gasteiger partial charge in [0.05, 0.1) is 13.7 Å². The van der Waals surface area contributed by atoms with Gasteiger partial charge in [0.1, 0.15) is 11.6 Å². The number of nitrogens with two attached hydrogens (primary N) is 1. The lowest BCUT2D eigenvalue weighted by atomic mass is 10.1. The van der Waals surface area contributed by atoms with Crippen LogP contribution in [0.1, 0.15) is 23.5 Å². The lowest BCUT2D eigenvalue weighted by molar-refractivity contribution is 0.410. The highest BCUT2D eigenvalue weighted by Crippen LogP contribution is 2.40. The average molecular weight is 313 g/mol. The molecule has 0 unspecified atom stereocenters. The first-order chi connectivity index (χ1) is 11.2. The highest BCUT2D eigenvalue weighted by atomic mass is 19.1. The zero-order valence-electron chi connectivity index (χ0n) is 13.0. The zero-order chi connectivity index (χ0) is 16.2. The number of hydrogen-bond acceptors (Lipinski definition) is 2. The average Bonchev–Trinajstić information content (AvgIpc) is 3.32. The minimum absolute atomic E-state index is 0.203. The van der Waals surface area contributed by atoms with Gasteiger partial charge in [-0.15, -0.1) is 0 Å². The van der Waals surface area contributed by atoms with Crippen molar-refractivity contribution in [1.82, 2.24) is 5.32 Å². The summed E-state index contributed by atoms with van der Waals surface area (Å²) in [6.07, 6.45) is 0.939. The number of ether oxygens (including phenoxy) is 1.